The van der Waals surface area contributed by atoms with Crippen LogP contribution in [0, 0.1) is 11.6 Å². The van der Waals surface area contributed by atoms with E-state index in [2.05, 4.69) is 0 Å². The van der Waals surface area contributed by atoms with E-state index < -0.39 is 17.7 Å². The molecule has 1 aromatic rings. The monoisotopic (exact) mass is 314 g/mol. The van der Waals surface area contributed by atoms with Gasteiger partial charge in [0.05, 0.1) is 10.7 Å². The molecule has 0 radical (unpaired) electrons. The van der Waals surface area contributed by atoms with Crippen molar-refractivity contribution >= 4 is 29.1 Å². The average molecular weight is 315 g/mol. The molecule has 2 heterocycles. The molecule has 0 bridgehead atoms. The highest BCUT2D eigenvalue weighted by Crippen LogP contribution is 2.34. The number of anilines is 1. The molecule has 7 heteroatoms. The smallest absolute Gasteiger partial charge is 0.249 e. The summed E-state index contributed by atoms with van der Waals surface area (Å²) in [5.74, 6) is -2.17. The third-order valence-electron chi connectivity index (χ3n) is 3.93. The number of carbonyl (C=O) groups excluding carboxylic acids is 2. The molecule has 0 aromatic heterocycles. The molecule has 3 rings (SSSR count). The molecule has 112 valence electrons. The highest BCUT2D eigenvalue weighted by atomic mass is 35.5. The summed E-state index contributed by atoms with van der Waals surface area (Å²) in [7, 11) is 0. The van der Waals surface area contributed by atoms with Crippen molar-refractivity contribution in [3.05, 3.63) is 28.8 Å². The molecule has 0 spiro atoms. The van der Waals surface area contributed by atoms with Gasteiger partial charge in [0.2, 0.25) is 11.8 Å². The highest BCUT2D eigenvalue weighted by Gasteiger charge is 2.40. The van der Waals surface area contributed by atoms with Crippen LogP contribution in [0.1, 0.15) is 19.3 Å². The largest absolute Gasteiger partial charge is 0.331 e. The van der Waals surface area contributed by atoms with E-state index in [0.29, 0.717) is 19.0 Å². The molecular formula is C14H13ClF2N2O2. The number of hydrogen-bond donors (Lipinski definition) is 0. The van der Waals surface area contributed by atoms with Gasteiger partial charge in [0.25, 0.3) is 0 Å². The molecule has 1 unspecified atom stereocenters. The number of fused-ring (bicyclic) bond motifs is 1. The molecule has 2 aliphatic heterocycles. The fourth-order valence-electron chi connectivity index (χ4n) is 2.98. The molecule has 21 heavy (non-hydrogen) atoms. The minimum Gasteiger partial charge on any atom is -0.331 e. The number of halogens is 3. The van der Waals surface area contributed by atoms with Gasteiger partial charge in [-0.1, -0.05) is 11.6 Å². The number of hydrogen-bond acceptors (Lipinski definition) is 2. The van der Waals surface area contributed by atoms with Gasteiger partial charge in [-0.25, -0.2) is 8.78 Å². The van der Waals surface area contributed by atoms with Crippen LogP contribution in [0.3, 0.4) is 0 Å². The van der Waals surface area contributed by atoms with E-state index in [1.807, 2.05) is 0 Å². The van der Waals surface area contributed by atoms with Crippen molar-refractivity contribution in [3.8, 4) is 0 Å². The Labute approximate surface area is 125 Å². The first-order valence-corrected chi connectivity index (χ1v) is 7.12. The van der Waals surface area contributed by atoms with Crippen molar-refractivity contribution < 1.29 is 18.4 Å². The van der Waals surface area contributed by atoms with Crippen LogP contribution < -0.4 is 4.90 Å². The van der Waals surface area contributed by atoms with Crippen LogP contribution in [0.2, 0.25) is 5.02 Å². The fraction of sp³-hybridized carbons (Fsp3) is 0.429. The molecule has 0 saturated carbocycles. The summed E-state index contributed by atoms with van der Waals surface area (Å²) in [5.41, 5.74) is -0.149. The number of benzene rings is 1. The summed E-state index contributed by atoms with van der Waals surface area (Å²) in [4.78, 5) is 27.3. The Morgan fingerprint density at radius 2 is 1.95 bits per heavy atom. The first-order valence-electron chi connectivity index (χ1n) is 6.74. The Morgan fingerprint density at radius 3 is 2.67 bits per heavy atom. The minimum atomic E-state index is -0.896. The average Bonchev–Trinajstić information content (AvgIpc) is 2.85. The quantitative estimate of drug-likeness (QED) is 0.798. The summed E-state index contributed by atoms with van der Waals surface area (Å²) in [5, 5.41) is -0.167. The van der Waals surface area contributed by atoms with Gasteiger partial charge in [0, 0.05) is 25.6 Å². The molecule has 0 aliphatic carbocycles. The molecule has 2 amide bonds. The van der Waals surface area contributed by atoms with Crippen LogP contribution in [-0.2, 0) is 9.59 Å². The first kappa shape index (κ1) is 14.3. The van der Waals surface area contributed by atoms with Gasteiger partial charge in [-0.2, -0.15) is 0 Å². The van der Waals surface area contributed by atoms with E-state index in [1.165, 1.54) is 9.80 Å². The number of amides is 2. The lowest BCUT2D eigenvalue weighted by Crippen LogP contribution is -2.44. The second kappa shape index (κ2) is 5.26. The van der Waals surface area contributed by atoms with Crippen molar-refractivity contribution in [1.29, 1.82) is 0 Å². The van der Waals surface area contributed by atoms with E-state index in [9.17, 15) is 18.4 Å². The van der Waals surface area contributed by atoms with Crippen LogP contribution >= 0.6 is 11.6 Å². The summed E-state index contributed by atoms with van der Waals surface area (Å²) in [6, 6.07) is 1.08. The lowest BCUT2D eigenvalue weighted by molar-refractivity contribution is -0.135. The molecule has 4 nitrogen and oxygen atoms in total. The Morgan fingerprint density at radius 1 is 1.19 bits per heavy atom. The molecular weight excluding hydrogens is 302 g/mol. The zero-order valence-corrected chi connectivity index (χ0v) is 11.9. The highest BCUT2D eigenvalue weighted by molar-refractivity contribution is 6.34. The lowest BCUT2D eigenvalue weighted by Gasteiger charge is -2.26. The molecule has 2 aliphatic rings. The fourth-order valence-corrected chi connectivity index (χ4v) is 3.27. The topological polar surface area (TPSA) is 40.6 Å². The third-order valence-corrected chi connectivity index (χ3v) is 4.21. The summed E-state index contributed by atoms with van der Waals surface area (Å²) in [6.45, 7) is 0.593. The van der Waals surface area contributed by atoms with Gasteiger partial charge >= 0.3 is 0 Å². The van der Waals surface area contributed by atoms with Gasteiger partial charge in [0.15, 0.2) is 5.82 Å². The lowest BCUT2D eigenvalue weighted by atomic mass is 10.1. The van der Waals surface area contributed by atoms with Crippen molar-refractivity contribution in [2.45, 2.75) is 25.3 Å². The number of carbonyl (C=O) groups is 2. The predicted molar refractivity (Wildman–Crippen MR) is 73.1 cm³/mol. The Bertz CT molecular complexity index is 600. The van der Waals surface area contributed by atoms with Gasteiger partial charge in [-0.15, -0.1) is 0 Å². The Kier molecular flexibility index (Phi) is 3.57. The van der Waals surface area contributed by atoms with E-state index in [1.54, 1.807) is 0 Å². The maximum Gasteiger partial charge on any atom is 0.249 e. The van der Waals surface area contributed by atoms with Gasteiger partial charge < -0.3 is 9.80 Å². The third kappa shape index (κ3) is 2.37. The second-order valence-electron chi connectivity index (χ2n) is 5.20. The second-order valence-corrected chi connectivity index (χ2v) is 5.61. The van der Waals surface area contributed by atoms with E-state index in [-0.39, 0.29) is 35.5 Å². The molecule has 1 atom stereocenters. The van der Waals surface area contributed by atoms with Crippen LogP contribution in [0.15, 0.2) is 12.1 Å². The van der Waals surface area contributed by atoms with Crippen molar-refractivity contribution in [3.63, 3.8) is 0 Å². The predicted octanol–water partition coefficient (Wildman–Crippen LogP) is 2.35. The van der Waals surface area contributed by atoms with Crippen molar-refractivity contribution in [1.82, 2.24) is 4.90 Å². The summed E-state index contributed by atoms with van der Waals surface area (Å²) in [6.07, 6.45) is 1.41. The van der Waals surface area contributed by atoms with Gasteiger partial charge in [0.1, 0.15) is 11.9 Å². The van der Waals surface area contributed by atoms with Crippen LogP contribution in [0.25, 0.3) is 0 Å². The zero-order chi connectivity index (χ0) is 15.1. The molecule has 1 aromatic carbocycles. The standard InChI is InChI=1S/C14H13ClF2N2O2/c15-9-6-8(16)7-10(17)13(9)19-5-3-12(20)18-4-1-2-11(18)14(19)21/h6-7,11H,1-5H2. The summed E-state index contributed by atoms with van der Waals surface area (Å²) >= 11 is 5.89. The van der Waals surface area contributed by atoms with E-state index in [4.69, 9.17) is 11.6 Å². The minimum absolute atomic E-state index is 0.0486. The van der Waals surface area contributed by atoms with Gasteiger partial charge in [-0.05, 0) is 18.9 Å². The zero-order valence-electron chi connectivity index (χ0n) is 11.1. The molecule has 2 saturated heterocycles. The van der Waals surface area contributed by atoms with Crippen molar-refractivity contribution in [2.24, 2.45) is 0 Å². The Balaban J connectivity index is 2.02. The number of rotatable bonds is 1. The maximum atomic E-state index is 14.0. The number of nitrogens with zero attached hydrogens (tertiary/aromatic N) is 2. The molecule has 0 N–H and O–H groups in total. The van der Waals surface area contributed by atoms with Crippen LogP contribution in [0.5, 0.6) is 0 Å². The van der Waals surface area contributed by atoms with Crippen LogP contribution in [-0.4, -0.2) is 35.8 Å². The first-order chi connectivity index (χ1) is 9.99. The van der Waals surface area contributed by atoms with Crippen molar-refractivity contribution in [2.75, 3.05) is 18.0 Å². The Hall–Kier alpha value is -1.69. The molecule has 2 fully saturated rings. The normalized spacial score (nSPS) is 22.5. The summed E-state index contributed by atoms with van der Waals surface area (Å²) < 4.78 is 27.2. The van der Waals surface area contributed by atoms with Gasteiger partial charge in [-0.3, -0.25) is 9.59 Å². The maximum absolute atomic E-state index is 14.0. The SMILES string of the molecule is O=C1C2CCCN2C(=O)CCN1c1c(F)cc(F)cc1Cl. The van der Waals surface area contributed by atoms with E-state index >= 15 is 0 Å². The van der Waals surface area contributed by atoms with Crippen LogP contribution in [0.4, 0.5) is 14.5 Å². The van der Waals surface area contributed by atoms with E-state index in [0.717, 1.165) is 12.5 Å².